The highest BCUT2D eigenvalue weighted by molar-refractivity contribution is 7.89. The molecule has 0 N–H and O–H groups in total. The van der Waals surface area contributed by atoms with Gasteiger partial charge in [0.05, 0.1) is 12.9 Å². The molecule has 17 heavy (non-hydrogen) atoms. The first-order valence-corrected chi connectivity index (χ1v) is 7.27. The summed E-state index contributed by atoms with van der Waals surface area (Å²) in [5.41, 5.74) is 0.829. The number of sulfonamides is 1. The summed E-state index contributed by atoms with van der Waals surface area (Å²) in [6.45, 7) is 0.281. The van der Waals surface area contributed by atoms with Crippen LogP contribution in [-0.4, -0.2) is 38.5 Å². The lowest BCUT2D eigenvalue weighted by molar-refractivity contribution is 0.398. The van der Waals surface area contributed by atoms with Gasteiger partial charge in [-0.3, -0.25) is 0 Å². The Labute approximate surface area is 107 Å². The molecule has 0 spiro atoms. The molecule has 0 aliphatic heterocycles. The Hall–Kier alpha value is -0.780. The van der Waals surface area contributed by atoms with Crippen LogP contribution in [-0.2, 0) is 16.6 Å². The average molecular weight is 278 g/mol. The second-order valence-electron chi connectivity index (χ2n) is 3.57. The van der Waals surface area contributed by atoms with Crippen LogP contribution in [0.4, 0.5) is 0 Å². The monoisotopic (exact) mass is 277 g/mol. The van der Waals surface area contributed by atoms with Gasteiger partial charge in [0.15, 0.2) is 0 Å². The first-order valence-electron chi connectivity index (χ1n) is 5.13. The molecule has 96 valence electrons. The molecule has 4 nitrogen and oxygen atoms in total. The third-order valence-electron chi connectivity index (χ3n) is 2.40. The lowest BCUT2D eigenvalue weighted by Crippen LogP contribution is -2.29. The third kappa shape index (κ3) is 3.87. The van der Waals surface area contributed by atoms with Crippen molar-refractivity contribution in [2.75, 3.05) is 25.8 Å². The van der Waals surface area contributed by atoms with Gasteiger partial charge in [-0.1, -0.05) is 18.2 Å². The third-order valence-corrected chi connectivity index (χ3v) is 4.61. The van der Waals surface area contributed by atoms with Crippen molar-refractivity contribution in [2.24, 2.45) is 0 Å². The molecule has 0 atom stereocenters. The van der Waals surface area contributed by atoms with Crippen LogP contribution in [0, 0.1) is 0 Å². The van der Waals surface area contributed by atoms with E-state index in [1.165, 1.54) is 11.4 Å². The van der Waals surface area contributed by atoms with Crippen molar-refractivity contribution < 1.29 is 13.2 Å². The van der Waals surface area contributed by atoms with Crippen molar-refractivity contribution in [1.29, 1.82) is 0 Å². The molecule has 1 aromatic rings. The number of para-hydroxylation sites is 1. The van der Waals surface area contributed by atoms with E-state index in [0.717, 1.165) is 5.56 Å². The Bertz CT molecular complexity index is 462. The van der Waals surface area contributed by atoms with E-state index in [9.17, 15) is 8.42 Å². The Morgan fingerprint density at radius 2 is 2.00 bits per heavy atom. The fraction of sp³-hybridized carbons (Fsp3) is 0.455. The zero-order valence-electron chi connectivity index (χ0n) is 9.89. The quantitative estimate of drug-likeness (QED) is 0.744. The largest absolute Gasteiger partial charge is 0.496 e. The maximum absolute atomic E-state index is 11.7. The van der Waals surface area contributed by atoms with Crippen molar-refractivity contribution >= 4 is 21.6 Å². The SMILES string of the molecule is COc1ccccc1CN(C)S(=O)(=O)CCCl. The minimum Gasteiger partial charge on any atom is -0.496 e. The summed E-state index contributed by atoms with van der Waals surface area (Å²) in [4.78, 5) is 0. The van der Waals surface area contributed by atoms with Gasteiger partial charge in [-0.2, -0.15) is 0 Å². The number of rotatable bonds is 6. The van der Waals surface area contributed by atoms with E-state index in [1.807, 2.05) is 18.2 Å². The zero-order chi connectivity index (χ0) is 12.9. The molecule has 0 saturated heterocycles. The molecule has 0 saturated carbocycles. The number of methoxy groups -OCH3 is 1. The summed E-state index contributed by atoms with van der Waals surface area (Å²) < 4.78 is 29.9. The smallest absolute Gasteiger partial charge is 0.215 e. The van der Waals surface area contributed by atoms with Crippen LogP contribution >= 0.6 is 11.6 Å². The summed E-state index contributed by atoms with van der Waals surface area (Å²) in [5, 5.41) is 0. The molecule has 0 heterocycles. The number of ether oxygens (including phenoxy) is 1. The van der Waals surface area contributed by atoms with E-state index < -0.39 is 10.0 Å². The van der Waals surface area contributed by atoms with Gasteiger partial charge < -0.3 is 4.74 Å². The number of nitrogens with zero attached hydrogens (tertiary/aromatic N) is 1. The van der Waals surface area contributed by atoms with Crippen molar-refractivity contribution in [3.8, 4) is 5.75 Å². The summed E-state index contributed by atoms with van der Waals surface area (Å²) in [6, 6.07) is 7.33. The minimum atomic E-state index is -3.29. The van der Waals surface area contributed by atoms with Crippen LogP contribution in [0.25, 0.3) is 0 Å². The molecule has 0 aliphatic carbocycles. The van der Waals surface area contributed by atoms with Crippen LogP contribution in [0.3, 0.4) is 0 Å². The van der Waals surface area contributed by atoms with Crippen molar-refractivity contribution in [1.82, 2.24) is 4.31 Å². The molecule has 1 aromatic carbocycles. The van der Waals surface area contributed by atoms with Gasteiger partial charge in [-0.15, -0.1) is 11.6 Å². The van der Waals surface area contributed by atoms with Crippen LogP contribution < -0.4 is 4.74 Å². The minimum absolute atomic E-state index is 0.0554. The normalized spacial score (nSPS) is 11.8. The van der Waals surface area contributed by atoms with Crippen molar-refractivity contribution in [3.05, 3.63) is 29.8 Å². The van der Waals surface area contributed by atoms with E-state index >= 15 is 0 Å². The number of halogens is 1. The fourth-order valence-corrected chi connectivity index (χ4v) is 2.85. The molecule has 0 unspecified atom stereocenters. The summed E-state index contributed by atoms with van der Waals surface area (Å²) in [6.07, 6.45) is 0. The molecule has 0 bridgehead atoms. The lowest BCUT2D eigenvalue weighted by atomic mass is 10.2. The van der Waals surface area contributed by atoms with Crippen LogP contribution in [0.5, 0.6) is 5.75 Å². The van der Waals surface area contributed by atoms with E-state index in [2.05, 4.69) is 0 Å². The number of alkyl halides is 1. The topological polar surface area (TPSA) is 46.6 Å². The van der Waals surface area contributed by atoms with Crippen LogP contribution in [0.15, 0.2) is 24.3 Å². The summed E-state index contributed by atoms with van der Waals surface area (Å²) in [5.74, 6) is 0.721. The number of hydrogen-bond donors (Lipinski definition) is 0. The Morgan fingerprint density at radius 3 is 2.59 bits per heavy atom. The number of hydrogen-bond acceptors (Lipinski definition) is 3. The van der Waals surface area contributed by atoms with Crippen molar-refractivity contribution in [3.63, 3.8) is 0 Å². The lowest BCUT2D eigenvalue weighted by Gasteiger charge is -2.17. The predicted octanol–water partition coefficient (Wildman–Crippen LogP) is 1.70. The van der Waals surface area contributed by atoms with E-state index in [0.29, 0.717) is 5.75 Å². The van der Waals surface area contributed by atoms with Gasteiger partial charge in [0.2, 0.25) is 10.0 Å². The molecule has 0 aromatic heterocycles. The standard InChI is InChI=1S/C11H16ClNO3S/c1-13(17(14,15)8-7-12)9-10-5-3-4-6-11(10)16-2/h3-6H,7-9H2,1-2H3. The Morgan fingerprint density at radius 1 is 1.35 bits per heavy atom. The highest BCUT2D eigenvalue weighted by Crippen LogP contribution is 2.19. The molecule has 0 fully saturated rings. The Kier molecular flexibility index (Phi) is 5.24. The van der Waals surface area contributed by atoms with Gasteiger partial charge in [0, 0.05) is 25.0 Å². The van der Waals surface area contributed by atoms with Crippen molar-refractivity contribution in [2.45, 2.75) is 6.54 Å². The molecule has 0 aliphatic rings. The van der Waals surface area contributed by atoms with E-state index in [-0.39, 0.29) is 18.2 Å². The molecule has 0 radical (unpaired) electrons. The molecule has 1 rings (SSSR count). The zero-order valence-corrected chi connectivity index (χ0v) is 11.5. The second kappa shape index (κ2) is 6.23. The first-order chi connectivity index (χ1) is 8.01. The molecular formula is C11H16ClNO3S. The van der Waals surface area contributed by atoms with Gasteiger partial charge in [0.1, 0.15) is 5.75 Å². The van der Waals surface area contributed by atoms with Gasteiger partial charge in [-0.25, -0.2) is 12.7 Å². The number of benzene rings is 1. The summed E-state index contributed by atoms with van der Waals surface area (Å²) in [7, 11) is -0.190. The molecule has 0 amide bonds. The highest BCUT2D eigenvalue weighted by atomic mass is 35.5. The average Bonchev–Trinajstić information content (AvgIpc) is 2.29. The summed E-state index contributed by atoms with van der Waals surface area (Å²) >= 11 is 5.46. The first kappa shape index (κ1) is 14.3. The van der Waals surface area contributed by atoms with Crippen LogP contribution in [0.2, 0.25) is 0 Å². The van der Waals surface area contributed by atoms with Gasteiger partial charge in [0.25, 0.3) is 0 Å². The van der Waals surface area contributed by atoms with Gasteiger partial charge >= 0.3 is 0 Å². The molecular weight excluding hydrogens is 262 g/mol. The second-order valence-corrected chi connectivity index (χ2v) is 6.15. The van der Waals surface area contributed by atoms with Crippen LogP contribution in [0.1, 0.15) is 5.56 Å². The molecule has 6 heteroatoms. The fourth-order valence-electron chi connectivity index (χ4n) is 1.43. The van der Waals surface area contributed by atoms with Gasteiger partial charge in [-0.05, 0) is 6.07 Å². The maximum atomic E-state index is 11.7. The maximum Gasteiger partial charge on any atom is 0.215 e. The Balaban J connectivity index is 2.84. The highest BCUT2D eigenvalue weighted by Gasteiger charge is 2.18. The van der Waals surface area contributed by atoms with E-state index in [1.54, 1.807) is 13.2 Å². The van der Waals surface area contributed by atoms with E-state index in [4.69, 9.17) is 16.3 Å². The predicted molar refractivity (Wildman–Crippen MR) is 69.0 cm³/mol.